The van der Waals surface area contributed by atoms with Crippen LogP contribution in [0.15, 0.2) is 0 Å². The summed E-state index contributed by atoms with van der Waals surface area (Å²) >= 11 is 5.55. The monoisotopic (exact) mass is 276 g/mol. The molecule has 0 aliphatic heterocycles. The van der Waals surface area contributed by atoms with Crippen LogP contribution in [0, 0.1) is 11.3 Å². The lowest BCUT2D eigenvalue weighted by molar-refractivity contribution is 0.119. The fraction of sp³-hybridized carbons (Fsp3) is 1.00. The molecular weight excluding hydrogens is 244 g/mol. The van der Waals surface area contributed by atoms with Crippen LogP contribution in [0.2, 0.25) is 0 Å². The Hall–Kier alpha value is 0.250. The first-order valence-corrected chi connectivity index (χ1v) is 8.19. The summed E-state index contributed by atoms with van der Waals surface area (Å²) < 4.78 is 5.28. The van der Waals surface area contributed by atoms with E-state index in [0.29, 0.717) is 11.5 Å². The number of halogens is 1. The molecule has 0 saturated heterocycles. The van der Waals surface area contributed by atoms with Crippen LogP contribution in [-0.2, 0) is 4.74 Å². The van der Waals surface area contributed by atoms with Gasteiger partial charge in [-0.15, -0.1) is 0 Å². The zero-order valence-electron chi connectivity index (χ0n) is 12.9. The highest BCUT2D eigenvalue weighted by Crippen LogP contribution is 2.33. The van der Waals surface area contributed by atoms with Crippen molar-refractivity contribution >= 4 is 11.6 Å². The summed E-state index contributed by atoms with van der Waals surface area (Å²) in [6, 6.07) is 0.327. The van der Waals surface area contributed by atoms with Crippen LogP contribution < -0.4 is 0 Å². The lowest BCUT2D eigenvalue weighted by Gasteiger charge is -2.30. The Bertz CT molecular complexity index is 174. The molecule has 0 aliphatic carbocycles. The minimum Gasteiger partial charge on any atom is -0.366 e. The normalized spacial score (nSPS) is 13.8. The molecule has 110 valence electrons. The van der Waals surface area contributed by atoms with E-state index < -0.39 is 0 Å². The van der Waals surface area contributed by atoms with Crippen molar-refractivity contribution in [3.63, 3.8) is 0 Å². The Morgan fingerprint density at radius 2 is 1.56 bits per heavy atom. The van der Waals surface area contributed by atoms with Crippen LogP contribution in [-0.4, -0.2) is 12.7 Å². The van der Waals surface area contributed by atoms with Crippen LogP contribution in [0.4, 0.5) is 0 Å². The molecule has 0 aromatic rings. The third-order valence-electron chi connectivity index (χ3n) is 3.82. The summed E-state index contributed by atoms with van der Waals surface area (Å²) in [5.41, 5.74) is 0.388. The molecule has 1 unspecified atom stereocenters. The predicted molar refractivity (Wildman–Crippen MR) is 82.2 cm³/mol. The van der Waals surface area contributed by atoms with Gasteiger partial charge in [-0.2, -0.15) is 0 Å². The first-order chi connectivity index (χ1) is 8.52. The number of hydrogen-bond donors (Lipinski definition) is 0. The van der Waals surface area contributed by atoms with E-state index in [4.69, 9.17) is 16.3 Å². The third-order valence-corrected chi connectivity index (χ3v) is 3.97. The summed E-state index contributed by atoms with van der Waals surface area (Å²) in [4.78, 5) is 0. The van der Waals surface area contributed by atoms with E-state index >= 15 is 0 Å². The van der Waals surface area contributed by atoms with Crippen molar-refractivity contribution in [3.05, 3.63) is 0 Å². The van der Waals surface area contributed by atoms with Gasteiger partial charge in [-0.25, -0.2) is 0 Å². The quantitative estimate of drug-likeness (QED) is 0.332. The third kappa shape index (κ3) is 10.2. The van der Waals surface area contributed by atoms with Crippen molar-refractivity contribution in [1.29, 1.82) is 0 Å². The van der Waals surface area contributed by atoms with Crippen LogP contribution in [0.25, 0.3) is 0 Å². The standard InChI is InChI=1S/C16H33ClO/c1-5-6-7-8-9-10-11-15(16(2,3)4)12-13-18-14-17/h15H,5-14H2,1-4H3. The Balaban J connectivity index is 3.73. The van der Waals surface area contributed by atoms with Gasteiger partial charge in [0.2, 0.25) is 0 Å². The summed E-state index contributed by atoms with van der Waals surface area (Å²) in [5.74, 6) is 0.756. The molecule has 0 aliphatic rings. The second-order valence-electron chi connectivity index (χ2n) is 6.43. The van der Waals surface area contributed by atoms with Gasteiger partial charge in [-0.1, -0.05) is 77.8 Å². The van der Waals surface area contributed by atoms with Gasteiger partial charge < -0.3 is 4.74 Å². The molecule has 0 saturated carbocycles. The van der Waals surface area contributed by atoms with Crippen molar-refractivity contribution in [2.75, 3.05) is 12.7 Å². The van der Waals surface area contributed by atoms with Gasteiger partial charge >= 0.3 is 0 Å². The highest BCUT2D eigenvalue weighted by atomic mass is 35.5. The molecule has 0 rings (SSSR count). The summed E-state index contributed by atoms with van der Waals surface area (Å²) in [6.45, 7) is 10.1. The summed E-state index contributed by atoms with van der Waals surface area (Å²) in [7, 11) is 0. The van der Waals surface area contributed by atoms with Gasteiger partial charge in [-0.05, 0) is 24.2 Å². The molecule has 0 N–H and O–H groups in total. The molecule has 0 fully saturated rings. The van der Waals surface area contributed by atoms with Crippen molar-refractivity contribution in [3.8, 4) is 0 Å². The van der Waals surface area contributed by atoms with Gasteiger partial charge in [0.05, 0.1) is 0 Å². The Morgan fingerprint density at radius 3 is 2.11 bits per heavy atom. The largest absolute Gasteiger partial charge is 0.366 e. The van der Waals surface area contributed by atoms with E-state index in [1.165, 1.54) is 44.9 Å². The van der Waals surface area contributed by atoms with Crippen molar-refractivity contribution in [2.45, 2.75) is 79.1 Å². The maximum Gasteiger partial charge on any atom is 0.120 e. The first kappa shape index (κ1) is 18.2. The molecule has 18 heavy (non-hydrogen) atoms. The Labute approximate surface area is 120 Å². The fourth-order valence-electron chi connectivity index (χ4n) is 2.46. The van der Waals surface area contributed by atoms with E-state index in [9.17, 15) is 0 Å². The predicted octanol–water partition coefficient (Wildman–Crippen LogP) is 6.00. The lowest BCUT2D eigenvalue weighted by Crippen LogP contribution is -2.22. The van der Waals surface area contributed by atoms with Crippen molar-refractivity contribution < 1.29 is 4.74 Å². The molecule has 0 amide bonds. The van der Waals surface area contributed by atoms with Gasteiger partial charge in [0.25, 0.3) is 0 Å². The van der Waals surface area contributed by atoms with Crippen LogP contribution in [0.5, 0.6) is 0 Å². The maximum absolute atomic E-state index is 5.55. The molecule has 0 aromatic heterocycles. The molecule has 1 atom stereocenters. The maximum atomic E-state index is 5.55. The topological polar surface area (TPSA) is 9.23 Å². The minimum absolute atomic E-state index is 0.327. The number of ether oxygens (including phenoxy) is 1. The molecule has 0 bridgehead atoms. The average Bonchev–Trinajstić information content (AvgIpc) is 2.30. The molecule has 0 heterocycles. The van der Waals surface area contributed by atoms with Gasteiger partial charge in [-0.3, -0.25) is 0 Å². The van der Waals surface area contributed by atoms with Crippen LogP contribution >= 0.6 is 11.6 Å². The van der Waals surface area contributed by atoms with Crippen molar-refractivity contribution in [1.82, 2.24) is 0 Å². The number of alkyl halides is 1. The highest BCUT2D eigenvalue weighted by molar-refractivity contribution is 6.17. The molecule has 1 nitrogen and oxygen atoms in total. The number of hydrogen-bond acceptors (Lipinski definition) is 1. The zero-order valence-corrected chi connectivity index (χ0v) is 13.7. The Kier molecular flexibility index (Phi) is 11.3. The van der Waals surface area contributed by atoms with Gasteiger partial charge in [0.15, 0.2) is 0 Å². The van der Waals surface area contributed by atoms with Gasteiger partial charge in [0.1, 0.15) is 6.07 Å². The Morgan fingerprint density at radius 1 is 0.944 bits per heavy atom. The summed E-state index contributed by atoms with van der Waals surface area (Å²) in [5, 5.41) is 0. The molecular formula is C16H33ClO. The van der Waals surface area contributed by atoms with E-state index in [1.54, 1.807) is 0 Å². The van der Waals surface area contributed by atoms with E-state index in [2.05, 4.69) is 27.7 Å². The summed E-state index contributed by atoms with van der Waals surface area (Å²) in [6.07, 6.45) is 10.8. The van der Waals surface area contributed by atoms with E-state index in [0.717, 1.165) is 18.9 Å². The van der Waals surface area contributed by atoms with E-state index in [-0.39, 0.29) is 0 Å². The highest BCUT2D eigenvalue weighted by Gasteiger charge is 2.23. The molecule has 0 radical (unpaired) electrons. The smallest absolute Gasteiger partial charge is 0.120 e. The molecule has 2 heteroatoms. The minimum atomic E-state index is 0.327. The van der Waals surface area contributed by atoms with Crippen LogP contribution in [0.1, 0.15) is 79.1 Å². The van der Waals surface area contributed by atoms with E-state index in [1.807, 2.05) is 0 Å². The SMILES string of the molecule is CCCCCCCCC(CCOCCl)C(C)(C)C. The number of rotatable bonds is 11. The lowest BCUT2D eigenvalue weighted by atomic mass is 9.76. The second-order valence-corrected chi connectivity index (χ2v) is 6.64. The fourth-order valence-corrected chi connectivity index (χ4v) is 2.57. The van der Waals surface area contributed by atoms with Crippen LogP contribution in [0.3, 0.4) is 0 Å². The molecule has 0 spiro atoms. The second kappa shape index (κ2) is 11.1. The average molecular weight is 277 g/mol. The number of unbranched alkanes of at least 4 members (excludes halogenated alkanes) is 5. The van der Waals surface area contributed by atoms with Crippen molar-refractivity contribution in [2.24, 2.45) is 11.3 Å². The molecule has 0 aromatic carbocycles. The first-order valence-electron chi connectivity index (χ1n) is 7.66. The van der Waals surface area contributed by atoms with Gasteiger partial charge in [0, 0.05) is 6.61 Å². The zero-order chi connectivity index (χ0) is 13.9.